The quantitative estimate of drug-likeness (QED) is 0.631. The summed E-state index contributed by atoms with van der Waals surface area (Å²) in [5.41, 5.74) is 0.305. The van der Waals surface area contributed by atoms with Gasteiger partial charge < -0.3 is 9.80 Å². The first-order valence-electron chi connectivity index (χ1n) is 6.13. The van der Waals surface area contributed by atoms with E-state index in [1.54, 1.807) is 0 Å². The molecule has 1 heterocycles. The van der Waals surface area contributed by atoms with Gasteiger partial charge in [0.25, 0.3) is 5.69 Å². The number of hydrogen-bond donors (Lipinski definition) is 0. The Morgan fingerprint density at radius 3 is 2.53 bits per heavy atom. The van der Waals surface area contributed by atoms with E-state index in [0.29, 0.717) is 18.8 Å². The highest BCUT2D eigenvalue weighted by molar-refractivity contribution is 9.10. The number of hydrogen-bond acceptors (Lipinski definition) is 4. The molecule has 5 nitrogen and oxygen atoms in total. The number of piperazine rings is 1. The van der Waals surface area contributed by atoms with Crippen LogP contribution in [0.2, 0.25) is 0 Å². The summed E-state index contributed by atoms with van der Waals surface area (Å²) in [6, 6.07) is 2.47. The summed E-state index contributed by atoms with van der Waals surface area (Å²) in [5.74, 6) is -0.609. The molecule has 1 fully saturated rings. The van der Waals surface area contributed by atoms with Gasteiger partial charge in [0, 0.05) is 26.2 Å². The largest absolute Gasteiger partial charge is 0.363 e. The molecule has 0 aliphatic carbocycles. The maximum Gasteiger partial charge on any atom is 0.295 e. The van der Waals surface area contributed by atoms with Crippen LogP contribution in [0.5, 0.6) is 0 Å². The molecule has 0 atom stereocenters. The van der Waals surface area contributed by atoms with Gasteiger partial charge in [0.1, 0.15) is 11.5 Å². The van der Waals surface area contributed by atoms with Crippen molar-refractivity contribution in [2.75, 3.05) is 37.6 Å². The molecule has 1 aliphatic heterocycles. The molecule has 104 valence electrons. The normalized spacial score (nSPS) is 16.7. The molecular formula is C12H15BrFN3O2. The summed E-state index contributed by atoms with van der Waals surface area (Å²) in [6.07, 6.45) is 0. The van der Waals surface area contributed by atoms with Crippen LogP contribution >= 0.6 is 15.9 Å². The van der Waals surface area contributed by atoms with Crippen LogP contribution in [0.1, 0.15) is 6.92 Å². The zero-order valence-electron chi connectivity index (χ0n) is 10.6. The minimum atomic E-state index is -0.609. The van der Waals surface area contributed by atoms with Crippen LogP contribution in [-0.4, -0.2) is 42.5 Å². The summed E-state index contributed by atoms with van der Waals surface area (Å²) >= 11 is 3.09. The van der Waals surface area contributed by atoms with Gasteiger partial charge in [-0.15, -0.1) is 0 Å². The third kappa shape index (κ3) is 3.03. The van der Waals surface area contributed by atoms with Crippen molar-refractivity contribution in [1.82, 2.24) is 4.90 Å². The Labute approximate surface area is 119 Å². The molecule has 0 unspecified atom stereocenters. The fourth-order valence-electron chi connectivity index (χ4n) is 2.23. The predicted octanol–water partition coefficient (Wildman–Crippen LogP) is 2.64. The lowest BCUT2D eigenvalue weighted by Gasteiger charge is -2.35. The van der Waals surface area contributed by atoms with Crippen LogP contribution in [0.4, 0.5) is 15.8 Å². The van der Waals surface area contributed by atoms with Gasteiger partial charge in [-0.1, -0.05) is 6.92 Å². The average molecular weight is 332 g/mol. The van der Waals surface area contributed by atoms with E-state index in [-0.39, 0.29) is 10.2 Å². The minimum absolute atomic E-state index is 0.175. The first-order valence-corrected chi connectivity index (χ1v) is 6.93. The Balaban J connectivity index is 2.29. The van der Waals surface area contributed by atoms with Crippen molar-refractivity contribution < 1.29 is 9.31 Å². The lowest BCUT2D eigenvalue weighted by atomic mass is 10.2. The Bertz CT molecular complexity index is 490. The SMILES string of the molecule is CCN1CCN(c2cc(Br)c(F)cc2[N+](=O)[O-])CC1. The highest BCUT2D eigenvalue weighted by Gasteiger charge is 2.25. The number of benzene rings is 1. The van der Waals surface area contributed by atoms with Gasteiger partial charge >= 0.3 is 0 Å². The van der Waals surface area contributed by atoms with Gasteiger partial charge in [-0.25, -0.2) is 4.39 Å². The molecular weight excluding hydrogens is 317 g/mol. The van der Waals surface area contributed by atoms with Gasteiger partial charge in [-0.05, 0) is 28.5 Å². The molecule has 19 heavy (non-hydrogen) atoms. The van der Waals surface area contributed by atoms with Gasteiger partial charge in [0.05, 0.1) is 15.5 Å². The molecule has 0 amide bonds. The number of nitrogens with zero attached hydrogens (tertiary/aromatic N) is 3. The van der Waals surface area contributed by atoms with Crippen LogP contribution in [-0.2, 0) is 0 Å². The van der Waals surface area contributed by atoms with E-state index in [1.807, 2.05) is 4.90 Å². The molecule has 0 bridgehead atoms. The van der Waals surface area contributed by atoms with E-state index in [4.69, 9.17) is 0 Å². The second-order valence-corrected chi connectivity index (χ2v) is 5.29. The zero-order valence-corrected chi connectivity index (χ0v) is 12.2. The molecule has 7 heteroatoms. The Hall–Kier alpha value is -1.21. The van der Waals surface area contributed by atoms with Crippen molar-refractivity contribution in [2.45, 2.75) is 6.92 Å². The van der Waals surface area contributed by atoms with Crippen molar-refractivity contribution in [2.24, 2.45) is 0 Å². The Kier molecular flexibility index (Phi) is 4.36. The fourth-order valence-corrected chi connectivity index (χ4v) is 2.56. The lowest BCUT2D eigenvalue weighted by molar-refractivity contribution is -0.384. The molecule has 2 rings (SSSR count). The predicted molar refractivity (Wildman–Crippen MR) is 75.1 cm³/mol. The van der Waals surface area contributed by atoms with E-state index >= 15 is 0 Å². The summed E-state index contributed by atoms with van der Waals surface area (Å²) in [7, 11) is 0. The zero-order chi connectivity index (χ0) is 14.0. The van der Waals surface area contributed by atoms with Crippen LogP contribution in [0.15, 0.2) is 16.6 Å². The molecule has 0 saturated carbocycles. The van der Waals surface area contributed by atoms with Gasteiger partial charge in [-0.3, -0.25) is 10.1 Å². The van der Waals surface area contributed by atoms with Gasteiger partial charge in [0.2, 0.25) is 0 Å². The van der Waals surface area contributed by atoms with Crippen molar-refractivity contribution in [3.05, 3.63) is 32.5 Å². The first kappa shape index (κ1) is 14.2. The Morgan fingerprint density at radius 2 is 2.00 bits per heavy atom. The van der Waals surface area contributed by atoms with E-state index in [2.05, 4.69) is 27.8 Å². The summed E-state index contributed by atoms with van der Waals surface area (Å²) in [6.45, 7) is 6.22. The van der Waals surface area contributed by atoms with Crippen LogP contribution in [0.3, 0.4) is 0 Å². The van der Waals surface area contributed by atoms with E-state index in [1.165, 1.54) is 6.07 Å². The molecule has 0 N–H and O–H groups in total. The second-order valence-electron chi connectivity index (χ2n) is 4.43. The third-order valence-corrected chi connectivity index (χ3v) is 3.98. The first-order chi connectivity index (χ1) is 9.02. The molecule has 1 saturated heterocycles. The summed E-state index contributed by atoms with van der Waals surface area (Å²) in [4.78, 5) is 14.7. The van der Waals surface area contributed by atoms with Crippen molar-refractivity contribution in [3.8, 4) is 0 Å². The van der Waals surface area contributed by atoms with E-state index < -0.39 is 10.7 Å². The number of nitro benzene ring substituents is 1. The van der Waals surface area contributed by atoms with Crippen molar-refractivity contribution >= 4 is 27.3 Å². The number of likely N-dealkylation sites (N-methyl/N-ethyl adjacent to an activating group) is 1. The van der Waals surface area contributed by atoms with Crippen LogP contribution in [0.25, 0.3) is 0 Å². The summed E-state index contributed by atoms with van der Waals surface area (Å²) < 4.78 is 13.7. The van der Waals surface area contributed by atoms with E-state index in [0.717, 1.165) is 25.7 Å². The fraction of sp³-hybridized carbons (Fsp3) is 0.500. The maximum atomic E-state index is 13.4. The van der Waals surface area contributed by atoms with Crippen LogP contribution in [0, 0.1) is 15.9 Å². The average Bonchev–Trinajstić information content (AvgIpc) is 2.41. The topological polar surface area (TPSA) is 49.6 Å². The monoisotopic (exact) mass is 331 g/mol. The minimum Gasteiger partial charge on any atom is -0.363 e. The third-order valence-electron chi connectivity index (χ3n) is 3.37. The second kappa shape index (κ2) is 5.83. The summed E-state index contributed by atoms with van der Waals surface area (Å²) in [5, 5.41) is 11.0. The standard InChI is InChI=1S/C12H15BrFN3O2/c1-2-15-3-5-16(6-4-15)11-7-9(13)10(14)8-12(11)17(18)19/h7-8H,2-6H2,1H3. The maximum absolute atomic E-state index is 13.4. The number of nitro groups is 1. The Morgan fingerprint density at radius 1 is 1.37 bits per heavy atom. The number of rotatable bonds is 3. The molecule has 0 spiro atoms. The van der Waals surface area contributed by atoms with E-state index in [9.17, 15) is 14.5 Å². The van der Waals surface area contributed by atoms with Gasteiger partial charge in [0.15, 0.2) is 0 Å². The molecule has 0 aromatic heterocycles. The van der Waals surface area contributed by atoms with Gasteiger partial charge in [-0.2, -0.15) is 0 Å². The molecule has 1 aliphatic rings. The van der Waals surface area contributed by atoms with Crippen molar-refractivity contribution in [1.29, 1.82) is 0 Å². The smallest absolute Gasteiger partial charge is 0.295 e. The highest BCUT2D eigenvalue weighted by Crippen LogP contribution is 2.33. The van der Waals surface area contributed by atoms with Crippen LogP contribution < -0.4 is 4.90 Å². The molecule has 1 aromatic carbocycles. The molecule has 0 radical (unpaired) electrons. The highest BCUT2D eigenvalue weighted by atomic mass is 79.9. The number of halogens is 2. The molecule has 1 aromatic rings. The lowest BCUT2D eigenvalue weighted by Crippen LogP contribution is -2.46. The van der Waals surface area contributed by atoms with Crippen molar-refractivity contribution in [3.63, 3.8) is 0 Å². The number of anilines is 1.